The summed E-state index contributed by atoms with van der Waals surface area (Å²) >= 11 is 0. The van der Waals surface area contributed by atoms with Crippen LogP contribution in [0.4, 0.5) is 13.2 Å². The quantitative estimate of drug-likeness (QED) is 0.688. The number of aryl methyl sites for hydroxylation is 1. The van der Waals surface area contributed by atoms with Crippen LogP contribution in [0.3, 0.4) is 0 Å². The van der Waals surface area contributed by atoms with Crippen LogP contribution < -0.4 is 11.1 Å². The van der Waals surface area contributed by atoms with E-state index in [4.69, 9.17) is 5.73 Å². The van der Waals surface area contributed by atoms with E-state index in [1.165, 1.54) is 0 Å². The second-order valence-corrected chi connectivity index (χ2v) is 6.01. The number of nitrogens with one attached hydrogen (secondary N) is 1. The molecule has 0 spiro atoms. The van der Waals surface area contributed by atoms with E-state index in [1.54, 1.807) is 0 Å². The Morgan fingerprint density at radius 3 is 2.15 bits per heavy atom. The van der Waals surface area contributed by atoms with E-state index in [0.717, 1.165) is 29.8 Å². The van der Waals surface area contributed by atoms with Crippen LogP contribution in [-0.4, -0.2) is 23.0 Å². The maximum absolute atomic E-state index is 12.6. The number of amides is 2. The highest BCUT2D eigenvalue weighted by Crippen LogP contribution is 2.30. The summed E-state index contributed by atoms with van der Waals surface area (Å²) in [6.07, 6.45) is -5.53. The fourth-order valence-electron chi connectivity index (χ4n) is 2.50. The maximum atomic E-state index is 12.6. The number of benzene rings is 2. The fraction of sp³-hybridized carbons (Fsp3) is 0.263. The third kappa shape index (κ3) is 5.82. The highest BCUT2D eigenvalue weighted by molar-refractivity contribution is 5.89. The number of carbonyl (C=O) groups is 2. The topological polar surface area (TPSA) is 92.4 Å². The Bertz CT molecular complexity index is 777. The largest absolute Gasteiger partial charge is 0.416 e. The molecule has 0 bridgehead atoms. The monoisotopic (exact) mass is 380 g/mol. The first-order valence-electron chi connectivity index (χ1n) is 8.17. The summed E-state index contributed by atoms with van der Waals surface area (Å²) < 4.78 is 37.7. The number of primary amides is 1. The number of alkyl halides is 3. The van der Waals surface area contributed by atoms with Gasteiger partial charge >= 0.3 is 6.18 Å². The number of carbonyl (C=O) groups excluding carboxylic acids is 2. The Morgan fingerprint density at radius 2 is 1.63 bits per heavy atom. The predicted molar refractivity (Wildman–Crippen MR) is 92.3 cm³/mol. The zero-order valence-electron chi connectivity index (χ0n) is 14.2. The van der Waals surface area contributed by atoms with Gasteiger partial charge in [0.1, 0.15) is 6.04 Å². The molecular weight excluding hydrogens is 361 g/mol. The van der Waals surface area contributed by atoms with Gasteiger partial charge in [0.2, 0.25) is 5.91 Å². The van der Waals surface area contributed by atoms with Crippen molar-refractivity contribution >= 4 is 11.8 Å². The van der Waals surface area contributed by atoms with Gasteiger partial charge in [0.05, 0.1) is 5.56 Å². The molecule has 4 N–H and O–H groups in total. The second kappa shape index (κ2) is 8.68. The average Bonchev–Trinajstić information content (AvgIpc) is 2.64. The molecule has 2 aromatic carbocycles. The molecule has 0 fully saturated rings. The lowest BCUT2D eigenvalue weighted by Crippen LogP contribution is -2.46. The van der Waals surface area contributed by atoms with Crippen LogP contribution in [-0.2, 0) is 22.2 Å². The van der Waals surface area contributed by atoms with Crippen molar-refractivity contribution in [2.75, 3.05) is 0 Å². The summed E-state index contributed by atoms with van der Waals surface area (Å²) in [5.74, 6) is -1.68. The van der Waals surface area contributed by atoms with Crippen LogP contribution in [0.15, 0.2) is 54.6 Å². The summed E-state index contributed by atoms with van der Waals surface area (Å²) in [4.78, 5) is 23.7. The van der Waals surface area contributed by atoms with Gasteiger partial charge in [-0.25, -0.2) is 0 Å². The second-order valence-electron chi connectivity index (χ2n) is 6.01. The minimum atomic E-state index is -4.51. The van der Waals surface area contributed by atoms with Crippen LogP contribution in [0.5, 0.6) is 0 Å². The van der Waals surface area contributed by atoms with Gasteiger partial charge in [-0.15, -0.1) is 0 Å². The number of halogens is 3. The number of aliphatic hydroxyl groups excluding tert-OH is 1. The number of aliphatic hydroxyl groups is 1. The van der Waals surface area contributed by atoms with E-state index in [0.29, 0.717) is 6.42 Å². The van der Waals surface area contributed by atoms with E-state index < -0.39 is 35.7 Å². The highest BCUT2D eigenvalue weighted by atomic mass is 19.4. The highest BCUT2D eigenvalue weighted by Gasteiger charge is 2.31. The first-order valence-corrected chi connectivity index (χ1v) is 8.17. The molecule has 0 saturated heterocycles. The summed E-state index contributed by atoms with van der Waals surface area (Å²) in [6.45, 7) is 0. The minimum Gasteiger partial charge on any atom is -0.378 e. The molecule has 0 heterocycles. The first kappa shape index (κ1) is 20.4. The molecule has 2 amide bonds. The molecule has 0 aliphatic rings. The summed E-state index contributed by atoms with van der Waals surface area (Å²) in [5.41, 5.74) is 5.33. The standard InChI is InChI=1S/C19H19F3N2O3/c20-19(21,22)14-9-7-13(8-10-14)16(25)18(27)24-15(17(23)26)11-6-12-4-2-1-3-5-12/h1-5,7-10,15-16,25H,6,11H2,(H2,23,26)(H,24,27)/t15-,16-/m1/s1. The van der Waals surface area contributed by atoms with E-state index in [-0.39, 0.29) is 12.0 Å². The van der Waals surface area contributed by atoms with Crippen LogP contribution in [0.1, 0.15) is 29.2 Å². The molecule has 0 aliphatic heterocycles. The molecule has 2 rings (SSSR count). The van der Waals surface area contributed by atoms with E-state index in [1.807, 2.05) is 30.3 Å². The molecule has 0 radical (unpaired) electrons. The van der Waals surface area contributed by atoms with E-state index >= 15 is 0 Å². The fourth-order valence-corrected chi connectivity index (χ4v) is 2.50. The molecule has 0 aliphatic carbocycles. The summed E-state index contributed by atoms with van der Waals surface area (Å²) in [6, 6.07) is 11.8. The van der Waals surface area contributed by atoms with Crippen molar-refractivity contribution in [3.63, 3.8) is 0 Å². The van der Waals surface area contributed by atoms with Crippen LogP contribution >= 0.6 is 0 Å². The molecule has 5 nitrogen and oxygen atoms in total. The van der Waals surface area contributed by atoms with Gasteiger partial charge in [0.25, 0.3) is 5.91 Å². The molecule has 27 heavy (non-hydrogen) atoms. The lowest BCUT2D eigenvalue weighted by atomic mass is 10.0. The van der Waals surface area contributed by atoms with E-state index in [2.05, 4.69) is 5.32 Å². The Kier molecular flexibility index (Phi) is 6.57. The summed E-state index contributed by atoms with van der Waals surface area (Å²) in [7, 11) is 0. The van der Waals surface area contributed by atoms with Gasteiger partial charge in [0, 0.05) is 0 Å². The smallest absolute Gasteiger partial charge is 0.378 e. The van der Waals surface area contributed by atoms with Crippen molar-refractivity contribution in [1.29, 1.82) is 0 Å². The number of hydrogen-bond acceptors (Lipinski definition) is 3. The third-order valence-electron chi connectivity index (χ3n) is 4.03. The van der Waals surface area contributed by atoms with E-state index in [9.17, 15) is 27.9 Å². The maximum Gasteiger partial charge on any atom is 0.416 e. The zero-order chi connectivity index (χ0) is 20.0. The van der Waals surface area contributed by atoms with Crippen LogP contribution in [0, 0.1) is 0 Å². The Morgan fingerprint density at radius 1 is 1.04 bits per heavy atom. The van der Waals surface area contributed by atoms with Crippen molar-refractivity contribution in [2.45, 2.75) is 31.2 Å². The summed E-state index contributed by atoms with van der Waals surface area (Å²) in [5, 5.41) is 12.4. The Balaban J connectivity index is 2.00. The first-order chi connectivity index (χ1) is 12.7. The Labute approximate surface area is 154 Å². The third-order valence-corrected chi connectivity index (χ3v) is 4.03. The lowest BCUT2D eigenvalue weighted by Gasteiger charge is -2.18. The number of rotatable bonds is 7. The van der Waals surface area contributed by atoms with Crippen molar-refractivity contribution in [3.05, 3.63) is 71.3 Å². The van der Waals surface area contributed by atoms with Gasteiger partial charge in [-0.2, -0.15) is 13.2 Å². The normalized spacial score (nSPS) is 13.6. The van der Waals surface area contributed by atoms with Crippen LogP contribution in [0.2, 0.25) is 0 Å². The molecular formula is C19H19F3N2O3. The van der Waals surface area contributed by atoms with Crippen molar-refractivity contribution in [3.8, 4) is 0 Å². The van der Waals surface area contributed by atoms with Crippen molar-refractivity contribution < 1.29 is 27.9 Å². The molecule has 0 unspecified atom stereocenters. The molecule has 0 saturated carbocycles. The molecule has 8 heteroatoms. The van der Waals surface area contributed by atoms with Gasteiger partial charge in [-0.3, -0.25) is 9.59 Å². The Hall–Kier alpha value is -2.87. The van der Waals surface area contributed by atoms with Crippen molar-refractivity contribution in [2.24, 2.45) is 5.73 Å². The van der Waals surface area contributed by atoms with Crippen LogP contribution in [0.25, 0.3) is 0 Å². The van der Waals surface area contributed by atoms with Gasteiger partial charge < -0.3 is 16.2 Å². The number of nitrogens with two attached hydrogens (primary N) is 1. The molecule has 0 aromatic heterocycles. The van der Waals surface area contributed by atoms with Gasteiger partial charge in [-0.1, -0.05) is 42.5 Å². The molecule has 2 aromatic rings. The lowest BCUT2D eigenvalue weighted by molar-refractivity contribution is -0.137. The SMILES string of the molecule is NC(=O)[C@@H](CCc1ccccc1)NC(=O)[C@H](O)c1ccc(C(F)(F)F)cc1. The number of hydrogen-bond donors (Lipinski definition) is 3. The molecule has 144 valence electrons. The zero-order valence-corrected chi connectivity index (χ0v) is 14.2. The van der Waals surface area contributed by atoms with Crippen molar-refractivity contribution in [1.82, 2.24) is 5.32 Å². The average molecular weight is 380 g/mol. The van der Waals surface area contributed by atoms with Gasteiger partial charge in [-0.05, 0) is 36.1 Å². The molecule has 2 atom stereocenters. The minimum absolute atomic E-state index is 0.0215. The van der Waals surface area contributed by atoms with Gasteiger partial charge in [0.15, 0.2) is 6.10 Å². The predicted octanol–water partition coefficient (Wildman–Crippen LogP) is 2.34.